The Kier molecular flexibility index (Phi) is 2.72. The molecule has 1 rings (SSSR count). The highest BCUT2D eigenvalue weighted by molar-refractivity contribution is 6.30. The molecule has 1 nitrogen and oxygen atoms in total. The topological polar surface area (TPSA) is 26.0 Å². The third-order valence-electron chi connectivity index (χ3n) is 1.24. The maximum Gasteiger partial charge on any atom is 0.0409 e. The molecule has 0 aliphatic heterocycles. The van der Waals surface area contributed by atoms with E-state index in [1.165, 1.54) is 0 Å². The minimum atomic E-state index is 0.650. The number of rotatable bonds is 2. The average molecular weight is 155 g/mol. The second-order valence-electron chi connectivity index (χ2n) is 2.07. The molecule has 0 heterocycles. The van der Waals surface area contributed by atoms with Crippen molar-refractivity contribution >= 4 is 11.6 Å². The number of nitrogens with two attached hydrogens (primary N) is 1. The van der Waals surface area contributed by atoms with Crippen LogP contribution >= 0.6 is 11.6 Å². The van der Waals surface area contributed by atoms with Crippen molar-refractivity contribution in [2.45, 2.75) is 6.42 Å². The summed E-state index contributed by atoms with van der Waals surface area (Å²) in [6.07, 6.45) is 0.848. The highest BCUT2D eigenvalue weighted by Crippen LogP contribution is 2.09. The second kappa shape index (κ2) is 3.59. The van der Waals surface area contributed by atoms with E-state index in [0.717, 1.165) is 17.0 Å². The van der Waals surface area contributed by atoms with Gasteiger partial charge in [-0.05, 0) is 36.7 Å². The minimum Gasteiger partial charge on any atom is -0.330 e. The number of benzene rings is 1. The molecule has 0 bridgehead atoms. The van der Waals surface area contributed by atoms with E-state index in [2.05, 4.69) is 6.07 Å². The maximum absolute atomic E-state index is 5.72. The molecule has 0 aliphatic carbocycles. The normalized spacial score (nSPS) is 9.80. The molecule has 10 heavy (non-hydrogen) atoms. The summed E-state index contributed by atoms with van der Waals surface area (Å²) in [7, 11) is 0. The summed E-state index contributed by atoms with van der Waals surface area (Å²) in [4.78, 5) is 0. The predicted molar refractivity (Wildman–Crippen MR) is 43.0 cm³/mol. The number of hydrogen-bond acceptors (Lipinski definition) is 1. The van der Waals surface area contributed by atoms with Gasteiger partial charge in [0, 0.05) is 5.02 Å². The van der Waals surface area contributed by atoms with Crippen LogP contribution in [0.25, 0.3) is 0 Å². The Bertz CT molecular complexity index is 210. The first-order valence-corrected chi connectivity index (χ1v) is 3.57. The zero-order chi connectivity index (χ0) is 7.40. The SMILES string of the molecule is NCCc1[c]ccc(Cl)c1. The first-order chi connectivity index (χ1) is 4.83. The van der Waals surface area contributed by atoms with Crippen LogP contribution in [0.2, 0.25) is 5.02 Å². The molecule has 0 aliphatic rings. The van der Waals surface area contributed by atoms with Crippen LogP contribution in [0.3, 0.4) is 0 Å². The van der Waals surface area contributed by atoms with Gasteiger partial charge in [-0.25, -0.2) is 0 Å². The zero-order valence-electron chi connectivity index (χ0n) is 5.60. The minimum absolute atomic E-state index is 0.650. The Balaban J connectivity index is 2.75. The molecule has 0 aromatic heterocycles. The molecule has 0 fully saturated rings. The van der Waals surface area contributed by atoms with Gasteiger partial charge in [0.15, 0.2) is 0 Å². The van der Waals surface area contributed by atoms with Gasteiger partial charge in [0.1, 0.15) is 0 Å². The summed E-state index contributed by atoms with van der Waals surface area (Å²) in [5.41, 5.74) is 6.43. The standard InChI is InChI=1S/C8H9ClN/c9-8-3-1-2-7(6-8)4-5-10/h1,3,6H,4-5,10H2. The number of hydrogen-bond donors (Lipinski definition) is 1. The van der Waals surface area contributed by atoms with Crippen molar-refractivity contribution in [2.75, 3.05) is 6.54 Å². The lowest BCUT2D eigenvalue weighted by atomic mass is 10.2. The monoisotopic (exact) mass is 154 g/mol. The fraction of sp³-hybridized carbons (Fsp3) is 0.250. The molecular formula is C8H9ClN. The van der Waals surface area contributed by atoms with Gasteiger partial charge in [-0.3, -0.25) is 0 Å². The van der Waals surface area contributed by atoms with Gasteiger partial charge in [-0.15, -0.1) is 0 Å². The molecular weight excluding hydrogens is 146 g/mol. The third-order valence-corrected chi connectivity index (χ3v) is 1.47. The van der Waals surface area contributed by atoms with Crippen LogP contribution < -0.4 is 5.73 Å². The summed E-state index contributed by atoms with van der Waals surface area (Å²) in [5.74, 6) is 0. The van der Waals surface area contributed by atoms with E-state index in [-0.39, 0.29) is 0 Å². The van der Waals surface area contributed by atoms with Gasteiger partial charge >= 0.3 is 0 Å². The molecule has 2 heteroatoms. The summed E-state index contributed by atoms with van der Waals surface area (Å²) < 4.78 is 0. The fourth-order valence-electron chi connectivity index (χ4n) is 0.784. The van der Waals surface area contributed by atoms with Crippen LogP contribution in [0.1, 0.15) is 5.56 Å². The van der Waals surface area contributed by atoms with E-state index in [4.69, 9.17) is 17.3 Å². The van der Waals surface area contributed by atoms with Crippen molar-refractivity contribution in [3.63, 3.8) is 0 Å². The highest BCUT2D eigenvalue weighted by atomic mass is 35.5. The van der Waals surface area contributed by atoms with Gasteiger partial charge in [0.2, 0.25) is 0 Å². The summed E-state index contributed by atoms with van der Waals surface area (Å²) in [5, 5.41) is 0.752. The molecule has 0 amide bonds. The van der Waals surface area contributed by atoms with Gasteiger partial charge < -0.3 is 5.73 Å². The van der Waals surface area contributed by atoms with Crippen LogP contribution in [0.5, 0.6) is 0 Å². The predicted octanol–water partition coefficient (Wildman–Crippen LogP) is 1.64. The van der Waals surface area contributed by atoms with Crippen molar-refractivity contribution in [1.82, 2.24) is 0 Å². The largest absolute Gasteiger partial charge is 0.330 e. The zero-order valence-corrected chi connectivity index (χ0v) is 6.36. The summed E-state index contributed by atoms with van der Waals surface area (Å²) >= 11 is 5.72. The van der Waals surface area contributed by atoms with Gasteiger partial charge in [-0.2, -0.15) is 0 Å². The first kappa shape index (κ1) is 7.58. The molecule has 0 spiro atoms. The van der Waals surface area contributed by atoms with Gasteiger partial charge in [0.25, 0.3) is 0 Å². The van der Waals surface area contributed by atoms with Crippen molar-refractivity contribution in [3.8, 4) is 0 Å². The smallest absolute Gasteiger partial charge is 0.0409 e. The highest BCUT2D eigenvalue weighted by Gasteiger charge is 1.91. The molecule has 0 unspecified atom stereocenters. The Morgan fingerprint density at radius 3 is 3.00 bits per heavy atom. The Hall–Kier alpha value is -0.530. The molecule has 1 aromatic carbocycles. The van der Waals surface area contributed by atoms with Crippen LogP contribution in [0, 0.1) is 6.07 Å². The van der Waals surface area contributed by atoms with Gasteiger partial charge in [-0.1, -0.05) is 17.7 Å². The van der Waals surface area contributed by atoms with Crippen LogP contribution in [0.15, 0.2) is 18.2 Å². The second-order valence-corrected chi connectivity index (χ2v) is 2.51. The molecule has 2 N–H and O–H groups in total. The molecule has 1 radical (unpaired) electrons. The van der Waals surface area contributed by atoms with E-state index >= 15 is 0 Å². The molecule has 53 valence electrons. The summed E-state index contributed by atoms with van der Waals surface area (Å²) in [6.45, 7) is 0.650. The maximum atomic E-state index is 5.72. The van der Waals surface area contributed by atoms with Crippen LogP contribution in [-0.4, -0.2) is 6.54 Å². The van der Waals surface area contributed by atoms with E-state index in [9.17, 15) is 0 Å². The van der Waals surface area contributed by atoms with E-state index in [0.29, 0.717) is 6.54 Å². The molecule has 0 atom stereocenters. The van der Waals surface area contributed by atoms with Crippen molar-refractivity contribution in [3.05, 3.63) is 34.9 Å². The molecule has 0 saturated heterocycles. The lowest BCUT2D eigenvalue weighted by molar-refractivity contribution is 0.967. The molecule has 1 aromatic rings. The van der Waals surface area contributed by atoms with Crippen molar-refractivity contribution in [2.24, 2.45) is 5.73 Å². The third kappa shape index (κ3) is 2.01. The Morgan fingerprint density at radius 2 is 2.40 bits per heavy atom. The van der Waals surface area contributed by atoms with Crippen LogP contribution in [-0.2, 0) is 6.42 Å². The van der Waals surface area contributed by atoms with Crippen molar-refractivity contribution < 1.29 is 0 Å². The Labute approximate surface area is 65.8 Å². The van der Waals surface area contributed by atoms with Crippen LogP contribution in [0.4, 0.5) is 0 Å². The Morgan fingerprint density at radius 1 is 1.60 bits per heavy atom. The fourth-order valence-corrected chi connectivity index (χ4v) is 0.979. The van der Waals surface area contributed by atoms with Crippen molar-refractivity contribution in [1.29, 1.82) is 0 Å². The van der Waals surface area contributed by atoms with E-state index < -0.39 is 0 Å². The number of halogens is 1. The molecule has 0 saturated carbocycles. The first-order valence-electron chi connectivity index (χ1n) is 3.19. The lowest BCUT2D eigenvalue weighted by Gasteiger charge is -1.96. The van der Waals surface area contributed by atoms with E-state index in [1.54, 1.807) is 0 Å². The summed E-state index contributed by atoms with van der Waals surface area (Å²) in [6, 6.07) is 8.55. The average Bonchev–Trinajstić information content (AvgIpc) is 1.88. The van der Waals surface area contributed by atoms with E-state index in [1.807, 2.05) is 18.2 Å². The van der Waals surface area contributed by atoms with Gasteiger partial charge in [0.05, 0.1) is 0 Å². The quantitative estimate of drug-likeness (QED) is 0.689. The lowest BCUT2D eigenvalue weighted by Crippen LogP contribution is -2.02.